The van der Waals surface area contributed by atoms with Crippen LogP contribution in [-0.2, 0) is 4.79 Å². The number of phenolic OH excluding ortho intramolecular Hbond substituents is 1. The van der Waals surface area contributed by atoms with Gasteiger partial charge in [-0.2, -0.15) is 5.26 Å². The van der Waals surface area contributed by atoms with Gasteiger partial charge in [-0.15, -0.1) is 0 Å². The second-order valence-corrected chi connectivity index (χ2v) is 5.85. The Labute approximate surface area is 161 Å². The van der Waals surface area contributed by atoms with Crippen molar-refractivity contribution in [2.45, 2.75) is 19.9 Å². The highest BCUT2D eigenvalue weighted by Gasteiger charge is 2.19. The lowest BCUT2D eigenvalue weighted by Gasteiger charge is -2.14. The molecule has 1 atom stereocenters. The molecule has 0 unspecified atom stereocenters. The number of rotatable bonds is 7. The van der Waals surface area contributed by atoms with Crippen LogP contribution in [0.2, 0.25) is 0 Å². The van der Waals surface area contributed by atoms with E-state index in [4.69, 9.17) is 4.74 Å². The standard InChI is InChI=1S/C20H19N3O5/c1-3-28-18-11-17(23(26)27)10-15(19(18)24)9-16(12-21)20(25)22-13(2)14-7-5-4-6-8-14/h4-11,13,24H,3H2,1-2H3,(H,22,25)/b16-9-/t13-/m0/s1. The summed E-state index contributed by atoms with van der Waals surface area (Å²) in [5, 5.41) is 33.4. The summed E-state index contributed by atoms with van der Waals surface area (Å²) in [6.07, 6.45) is 1.10. The van der Waals surface area contributed by atoms with Crippen molar-refractivity contribution in [3.05, 3.63) is 69.3 Å². The molecule has 0 saturated carbocycles. The van der Waals surface area contributed by atoms with Crippen LogP contribution in [-0.4, -0.2) is 22.5 Å². The first-order chi connectivity index (χ1) is 13.4. The van der Waals surface area contributed by atoms with Gasteiger partial charge in [-0.1, -0.05) is 30.3 Å². The molecule has 0 aliphatic rings. The minimum absolute atomic E-state index is 0.0586. The van der Waals surface area contributed by atoms with Crippen molar-refractivity contribution in [3.8, 4) is 17.6 Å². The molecule has 2 aromatic rings. The number of amides is 1. The van der Waals surface area contributed by atoms with E-state index in [2.05, 4.69) is 5.32 Å². The molecule has 0 saturated heterocycles. The summed E-state index contributed by atoms with van der Waals surface area (Å²) >= 11 is 0. The van der Waals surface area contributed by atoms with Crippen molar-refractivity contribution < 1.29 is 19.6 Å². The summed E-state index contributed by atoms with van der Waals surface area (Å²) in [4.78, 5) is 22.9. The number of nitrogens with one attached hydrogen (secondary N) is 1. The van der Waals surface area contributed by atoms with Crippen LogP contribution in [0.3, 0.4) is 0 Å². The minimum atomic E-state index is -0.664. The Morgan fingerprint density at radius 3 is 2.64 bits per heavy atom. The third-order valence-corrected chi connectivity index (χ3v) is 3.91. The third-order valence-electron chi connectivity index (χ3n) is 3.91. The zero-order chi connectivity index (χ0) is 20.7. The lowest BCUT2D eigenvalue weighted by Crippen LogP contribution is -2.27. The zero-order valence-corrected chi connectivity index (χ0v) is 15.4. The van der Waals surface area contributed by atoms with Gasteiger partial charge in [-0.05, 0) is 25.5 Å². The number of hydrogen-bond acceptors (Lipinski definition) is 6. The lowest BCUT2D eigenvalue weighted by molar-refractivity contribution is -0.385. The van der Waals surface area contributed by atoms with Crippen LogP contribution >= 0.6 is 0 Å². The molecular weight excluding hydrogens is 362 g/mol. The highest BCUT2D eigenvalue weighted by atomic mass is 16.6. The van der Waals surface area contributed by atoms with Crippen LogP contribution in [0.15, 0.2) is 48.0 Å². The Morgan fingerprint density at radius 2 is 2.07 bits per heavy atom. The van der Waals surface area contributed by atoms with Crippen molar-refractivity contribution in [2.75, 3.05) is 6.61 Å². The van der Waals surface area contributed by atoms with Gasteiger partial charge >= 0.3 is 0 Å². The summed E-state index contributed by atoms with van der Waals surface area (Å²) < 4.78 is 5.20. The number of nitriles is 1. The van der Waals surface area contributed by atoms with E-state index in [0.717, 1.165) is 23.8 Å². The van der Waals surface area contributed by atoms with E-state index in [1.165, 1.54) is 0 Å². The molecule has 2 rings (SSSR count). The van der Waals surface area contributed by atoms with Crippen LogP contribution < -0.4 is 10.1 Å². The van der Waals surface area contributed by atoms with E-state index in [-0.39, 0.29) is 41.0 Å². The quantitative estimate of drug-likeness (QED) is 0.327. The number of nitro benzene ring substituents is 1. The second-order valence-electron chi connectivity index (χ2n) is 5.85. The van der Waals surface area contributed by atoms with E-state index in [0.29, 0.717) is 0 Å². The lowest BCUT2D eigenvalue weighted by atomic mass is 10.1. The Balaban J connectivity index is 2.36. The molecule has 0 aliphatic heterocycles. The maximum absolute atomic E-state index is 12.5. The van der Waals surface area contributed by atoms with Gasteiger partial charge in [0.1, 0.15) is 11.6 Å². The summed E-state index contributed by atoms with van der Waals surface area (Å²) in [5.41, 5.74) is 0.158. The van der Waals surface area contributed by atoms with E-state index in [1.54, 1.807) is 19.9 Å². The normalized spacial score (nSPS) is 12.0. The van der Waals surface area contributed by atoms with Crippen molar-refractivity contribution in [1.82, 2.24) is 5.32 Å². The fourth-order valence-electron chi connectivity index (χ4n) is 2.50. The van der Waals surface area contributed by atoms with Gasteiger partial charge in [0.15, 0.2) is 11.5 Å². The van der Waals surface area contributed by atoms with Crippen LogP contribution in [0.5, 0.6) is 11.5 Å². The fraction of sp³-hybridized carbons (Fsp3) is 0.200. The number of nitrogens with zero attached hydrogens (tertiary/aromatic N) is 2. The average molecular weight is 381 g/mol. The zero-order valence-electron chi connectivity index (χ0n) is 15.4. The number of benzene rings is 2. The molecule has 8 nitrogen and oxygen atoms in total. The summed E-state index contributed by atoms with van der Waals surface area (Å²) in [6, 6.07) is 12.7. The number of nitro groups is 1. The number of non-ortho nitro benzene ring substituents is 1. The highest BCUT2D eigenvalue weighted by molar-refractivity contribution is 6.02. The molecule has 0 aromatic heterocycles. The molecule has 1 amide bonds. The van der Waals surface area contributed by atoms with Crippen LogP contribution in [0.4, 0.5) is 5.69 Å². The van der Waals surface area contributed by atoms with Gasteiger partial charge in [0, 0.05) is 11.6 Å². The number of aromatic hydroxyl groups is 1. The smallest absolute Gasteiger partial charge is 0.274 e. The highest BCUT2D eigenvalue weighted by Crippen LogP contribution is 2.36. The molecule has 2 N–H and O–H groups in total. The Kier molecular flexibility index (Phi) is 6.71. The van der Waals surface area contributed by atoms with E-state index >= 15 is 0 Å². The van der Waals surface area contributed by atoms with Gasteiger partial charge < -0.3 is 15.2 Å². The first-order valence-electron chi connectivity index (χ1n) is 8.49. The van der Waals surface area contributed by atoms with Gasteiger partial charge in [-0.3, -0.25) is 14.9 Å². The number of carbonyl (C=O) groups is 1. The molecule has 0 spiro atoms. The van der Waals surface area contributed by atoms with E-state index < -0.39 is 10.8 Å². The molecule has 0 bridgehead atoms. The number of hydrogen-bond donors (Lipinski definition) is 2. The predicted molar refractivity (Wildman–Crippen MR) is 103 cm³/mol. The van der Waals surface area contributed by atoms with Crippen LogP contribution in [0.25, 0.3) is 6.08 Å². The maximum Gasteiger partial charge on any atom is 0.274 e. The van der Waals surface area contributed by atoms with Gasteiger partial charge in [0.25, 0.3) is 11.6 Å². The molecule has 144 valence electrons. The van der Waals surface area contributed by atoms with Crippen molar-refractivity contribution in [2.24, 2.45) is 0 Å². The van der Waals surface area contributed by atoms with Gasteiger partial charge in [0.05, 0.1) is 23.6 Å². The Hall–Kier alpha value is -3.86. The average Bonchev–Trinajstić information content (AvgIpc) is 2.69. The summed E-state index contributed by atoms with van der Waals surface area (Å²) in [6.45, 7) is 3.60. The summed E-state index contributed by atoms with van der Waals surface area (Å²) in [5.74, 6) is -1.15. The number of phenols is 1. The van der Waals surface area contributed by atoms with Crippen molar-refractivity contribution >= 4 is 17.7 Å². The first kappa shape index (κ1) is 20.5. The largest absolute Gasteiger partial charge is 0.504 e. The first-order valence-corrected chi connectivity index (χ1v) is 8.49. The third kappa shape index (κ3) is 4.86. The Morgan fingerprint density at radius 1 is 1.39 bits per heavy atom. The van der Waals surface area contributed by atoms with Crippen molar-refractivity contribution in [1.29, 1.82) is 5.26 Å². The van der Waals surface area contributed by atoms with Gasteiger partial charge in [0.2, 0.25) is 0 Å². The molecule has 0 fully saturated rings. The SMILES string of the molecule is CCOc1cc([N+](=O)[O-])cc(/C=C(/C#N)C(=O)N[C@@H](C)c2ccccc2)c1O. The van der Waals surface area contributed by atoms with Crippen LogP contribution in [0.1, 0.15) is 31.0 Å². The topological polar surface area (TPSA) is 125 Å². The monoisotopic (exact) mass is 381 g/mol. The van der Waals surface area contributed by atoms with Gasteiger partial charge in [-0.25, -0.2) is 0 Å². The molecule has 2 aromatic carbocycles. The molecule has 0 aliphatic carbocycles. The molecular formula is C20H19N3O5. The van der Waals surface area contributed by atoms with Crippen molar-refractivity contribution in [3.63, 3.8) is 0 Å². The number of ether oxygens (including phenoxy) is 1. The van der Waals surface area contributed by atoms with Crippen LogP contribution in [0, 0.1) is 21.4 Å². The Bertz CT molecular complexity index is 948. The number of carbonyl (C=O) groups excluding carboxylic acids is 1. The minimum Gasteiger partial charge on any atom is -0.504 e. The predicted octanol–water partition coefficient (Wildman–Crippen LogP) is 3.48. The maximum atomic E-state index is 12.5. The molecule has 8 heteroatoms. The second kappa shape index (κ2) is 9.19. The summed E-state index contributed by atoms with van der Waals surface area (Å²) in [7, 11) is 0. The fourth-order valence-corrected chi connectivity index (χ4v) is 2.50. The molecule has 0 heterocycles. The molecule has 28 heavy (non-hydrogen) atoms. The molecule has 0 radical (unpaired) electrons. The van der Waals surface area contributed by atoms with E-state index in [1.807, 2.05) is 30.3 Å². The van der Waals surface area contributed by atoms with E-state index in [9.17, 15) is 25.3 Å².